The summed E-state index contributed by atoms with van der Waals surface area (Å²) < 4.78 is 52.5. The minimum absolute atomic E-state index is 0.00740. The van der Waals surface area contributed by atoms with E-state index in [2.05, 4.69) is 10.2 Å². The number of methoxy groups -OCH3 is 1. The molecule has 0 radical (unpaired) electrons. The first kappa shape index (κ1) is 17.8. The minimum atomic E-state index is -4.15. The molecule has 2 heterocycles. The zero-order valence-electron chi connectivity index (χ0n) is 13.8. The van der Waals surface area contributed by atoms with Crippen LogP contribution in [0.5, 0.6) is 5.75 Å². The number of hydrogen-bond acceptors (Lipinski definition) is 5. The van der Waals surface area contributed by atoms with Gasteiger partial charge in [-0.15, -0.1) is 0 Å². The number of fused-ring (bicyclic) bond motifs is 1. The summed E-state index contributed by atoms with van der Waals surface area (Å²) in [5.41, 5.74) is 0.763. The van der Waals surface area contributed by atoms with Crippen molar-refractivity contribution in [3.05, 3.63) is 18.2 Å². The van der Waals surface area contributed by atoms with Crippen LogP contribution in [0.15, 0.2) is 18.2 Å². The van der Waals surface area contributed by atoms with Gasteiger partial charge in [-0.05, 0) is 18.6 Å². The van der Waals surface area contributed by atoms with Crippen molar-refractivity contribution >= 4 is 16.7 Å². The Labute approximate surface area is 142 Å². The van der Waals surface area contributed by atoms with Crippen LogP contribution in [-0.2, 0) is 9.47 Å². The van der Waals surface area contributed by atoms with E-state index in [9.17, 15) is 13.2 Å². The molecule has 3 rings (SSSR count). The van der Waals surface area contributed by atoms with Gasteiger partial charge in [0.1, 0.15) is 18.6 Å². The number of anilines is 1. The molecule has 6 nitrogen and oxygen atoms in total. The van der Waals surface area contributed by atoms with Crippen LogP contribution in [0, 0.1) is 0 Å². The summed E-state index contributed by atoms with van der Waals surface area (Å²) in [5.74, 6) is 1.29. The monoisotopic (exact) mass is 359 g/mol. The SMILES string of the molecule is COC[C@@H]1CN(c2n[nH]c3cc(OCCCC(F)(F)F)ccc23)CO1. The van der Waals surface area contributed by atoms with Gasteiger partial charge in [-0.1, -0.05) is 0 Å². The molecule has 25 heavy (non-hydrogen) atoms. The number of rotatable bonds is 7. The van der Waals surface area contributed by atoms with Crippen molar-refractivity contribution in [2.45, 2.75) is 25.1 Å². The average molecular weight is 359 g/mol. The van der Waals surface area contributed by atoms with Crippen molar-refractivity contribution in [2.24, 2.45) is 0 Å². The number of hydrogen-bond donors (Lipinski definition) is 1. The second-order valence-corrected chi connectivity index (χ2v) is 5.92. The Balaban J connectivity index is 1.61. The molecule has 1 N–H and O–H groups in total. The van der Waals surface area contributed by atoms with Gasteiger partial charge < -0.3 is 19.1 Å². The van der Waals surface area contributed by atoms with E-state index >= 15 is 0 Å². The standard InChI is InChI=1S/C16H20F3N3O3/c1-23-9-12-8-22(10-25-12)15-13-4-3-11(7-14(13)20-21-15)24-6-2-5-16(17,18)19/h3-4,7,12H,2,5-6,8-10H2,1H3,(H,20,21)/t12-/m0/s1. The molecule has 1 aliphatic heterocycles. The van der Waals surface area contributed by atoms with Gasteiger partial charge >= 0.3 is 6.18 Å². The molecule has 1 aromatic carbocycles. The highest BCUT2D eigenvalue weighted by Gasteiger charge is 2.27. The summed E-state index contributed by atoms with van der Waals surface area (Å²) in [7, 11) is 1.63. The minimum Gasteiger partial charge on any atom is -0.494 e. The van der Waals surface area contributed by atoms with Gasteiger partial charge in [0.25, 0.3) is 0 Å². The predicted octanol–water partition coefficient (Wildman–Crippen LogP) is 3.09. The summed E-state index contributed by atoms with van der Waals surface area (Å²) in [6, 6.07) is 5.32. The number of alkyl halides is 3. The molecule has 1 aromatic heterocycles. The summed E-state index contributed by atoms with van der Waals surface area (Å²) in [6.07, 6.45) is -5.06. The van der Waals surface area contributed by atoms with Gasteiger partial charge in [0.2, 0.25) is 0 Å². The molecule has 138 valence electrons. The van der Waals surface area contributed by atoms with Gasteiger partial charge in [-0.25, -0.2) is 0 Å². The molecule has 0 unspecified atom stereocenters. The Kier molecular flexibility index (Phi) is 5.33. The number of nitrogens with zero attached hydrogens (tertiary/aromatic N) is 2. The average Bonchev–Trinajstić information content (AvgIpc) is 3.17. The smallest absolute Gasteiger partial charge is 0.389 e. The maximum Gasteiger partial charge on any atom is 0.389 e. The number of aromatic nitrogens is 2. The summed E-state index contributed by atoms with van der Waals surface area (Å²) in [6.45, 7) is 1.66. The van der Waals surface area contributed by atoms with E-state index in [4.69, 9.17) is 14.2 Å². The van der Waals surface area contributed by atoms with E-state index in [-0.39, 0.29) is 19.1 Å². The third-order valence-corrected chi connectivity index (χ3v) is 3.93. The number of H-pyrrole nitrogens is 1. The van der Waals surface area contributed by atoms with Gasteiger partial charge in [-0.2, -0.15) is 18.3 Å². The third kappa shape index (κ3) is 4.55. The normalized spacial score (nSPS) is 18.2. The number of ether oxygens (including phenoxy) is 3. The van der Waals surface area contributed by atoms with E-state index < -0.39 is 12.6 Å². The topological polar surface area (TPSA) is 59.6 Å². The summed E-state index contributed by atoms with van der Waals surface area (Å²) >= 11 is 0. The molecule has 0 amide bonds. The highest BCUT2D eigenvalue weighted by Crippen LogP contribution is 2.29. The zero-order chi connectivity index (χ0) is 17.9. The van der Waals surface area contributed by atoms with Crippen LogP contribution >= 0.6 is 0 Å². The van der Waals surface area contributed by atoms with Crippen LogP contribution in [0.4, 0.5) is 19.0 Å². The number of benzene rings is 1. The lowest BCUT2D eigenvalue weighted by Gasteiger charge is -2.13. The quantitative estimate of drug-likeness (QED) is 0.770. The van der Waals surface area contributed by atoms with Crippen LogP contribution in [-0.4, -0.2) is 56.1 Å². The molecule has 0 spiro atoms. The number of aromatic amines is 1. The first-order valence-corrected chi connectivity index (χ1v) is 7.99. The fourth-order valence-corrected chi connectivity index (χ4v) is 2.76. The van der Waals surface area contributed by atoms with Crippen molar-refractivity contribution in [3.8, 4) is 5.75 Å². The molecular formula is C16H20F3N3O3. The molecule has 0 bridgehead atoms. The molecule has 0 saturated carbocycles. The lowest BCUT2D eigenvalue weighted by Crippen LogP contribution is -2.24. The summed E-state index contributed by atoms with van der Waals surface area (Å²) in [5, 5.41) is 8.15. The van der Waals surface area contributed by atoms with Gasteiger partial charge in [0.05, 0.1) is 25.3 Å². The first-order chi connectivity index (χ1) is 12.0. The second kappa shape index (κ2) is 7.49. The molecule has 2 aromatic rings. The van der Waals surface area contributed by atoms with E-state index in [0.717, 1.165) is 16.7 Å². The Morgan fingerprint density at radius 3 is 3.00 bits per heavy atom. The van der Waals surface area contributed by atoms with Crippen LogP contribution in [0.2, 0.25) is 0 Å². The van der Waals surface area contributed by atoms with Gasteiger partial charge in [0, 0.05) is 25.0 Å². The van der Waals surface area contributed by atoms with Crippen LogP contribution in [0.25, 0.3) is 10.9 Å². The first-order valence-electron chi connectivity index (χ1n) is 7.99. The van der Waals surface area contributed by atoms with Crippen LogP contribution in [0.1, 0.15) is 12.8 Å². The fraction of sp³-hybridized carbons (Fsp3) is 0.562. The molecule has 9 heteroatoms. The van der Waals surface area contributed by atoms with E-state index in [1.807, 2.05) is 11.0 Å². The Hall–Kier alpha value is -2.00. The zero-order valence-corrected chi connectivity index (χ0v) is 13.8. The molecule has 1 atom stereocenters. The van der Waals surface area contributed by atoms with E-state index in [1.54, 1.807) is 19.2 Å². The molecule has 0 aliphatic carbocycles. The molecule has 1 saturated heterocycles. The van der Waals surface area contributed by atoms with Crippen molar-refractivity contribution in [2.75, 3.05) is 38.5 Å². The van der Waals surface area contributed by atoms with E-state index in [1.165, 1.54) is 0 Å². The predicted molar refractivity (Wildman–Crippen MR) is 85.8 cm³/mol. The summed E-state index contributed by atoms with van der Waals surface area (Å²) in [4.78, 5) is 2.01. The van der Waals surface area contributed by atoms with E-state index in [0.29, 0.717) is 25.6 Å². The fourth-order valence-electron chi connectivity index (χ4n) is 2.76. The highest BCUT2D eigenvalue weighted by atomic mass is 19.4. The van der Waals surface area contributed by atoms with Crippen molar-refractivity contribution < 1.29 is 27.4 Å². The Bertz CT molecular complexity index is 705. The van der Waals surface area contributed by atoms with Crippen molar-refractivity contribution in [3.63, 3.8) is 0 Å². The largest absolute Gasteiger partial charge is 0.494 e. The van der Waals surface area contributed by atoms with Crippen LogP contribution in [0.3, 0.4) is 0 Å². The molecule has 1 fully saturated rings. The number of nitrogens with one attached hydrogen (secondary N) is 1. The lowest BCUT2D eigenvalue weighted by molar-refractivity contribution is -0.136. The molecule has 1 aliphatic rings. The van der Waals surface area contributed by atoms with Crippen molar-refractivity contribution in [1.82, 2.24) is 10.2 Å². The van der Waals surface area contributed by atoms with Gasteiger partial charge in [0.15, 0.2) is 5.82 Å². The lowest BCUT2D eigenvalue weighted by atomic mass is 10.2. The maximum absolute atomic E-state index is 12.1. The maximum atomic E-state index is 12.1. The second-order valence-electron chi connectivity index (χ2n) is 5.92. The highest BCUT2D eigenvalue weighted by molar-refractivity contribution is 5.91. The Morgan fingerprint density at radius 1 is 1.40 bits per heavy atom. The van der Waals surface area contributed by atoms with Gasteiger partial charge in [-0.3, -0.25) is 5.10 Å². The third-order valence-electron chi connectivity index (χ3n) is 3.93. The number of halogens is 3. The van der Waals surface area contributed by atoms with Crippen LogP contribution < -0.4 is 9.64 Å². The van der Waals surface area contributed by atoms with Crippen molar-refractivity contribution in [1.29, 1.82) is 0 Å². The Morgan fingerprint density at radius 2 is 2.24 bits per heavy atom. The molecular weight excluding hydrogens is 339 g/mol.